The lowest BCUT2D eigenvalue weighted by molar-refractivity contribution is -0.137. The van der Waals surface area contributed by atoms with Gasteiger partial charge in [-0.1, -0.05) is 13.0 Å². The smallest absolute Gasteiger partial charge is 0.416 e. The SMILES string of the molecule is C[C@H]1C[C@H]1c1ccc(/C=C/C(=O)N2CCN(S(=O)(=O)c3cccc(C(F)(F)F)c3)CC2)o1. The number of furan rings is 1. The molecule has 1 aromatic heterocycles. The second kappa shape index (κ2) is 8.40. The minimum Gasteiger partial charge on any atom is -0.461 e. The van der Waals surface area contributed by atoms with Crippen molar-refractivity contribution in [2.75, 3.05) is 26.2 Å². The number of hydrogen-bond donors (Lipinski definition) is 0. The highest BCUT2D eigenvalue weighted by Crippen LogP contribution is 2.47. The molecular weight excluding hydrogens is 445 g/mol. The van der Waals surface area contributed by atoms with Gasteiger partial charge in [-0.05, 0) is 48.7 Å². The van der Waals surface area contributed by atoms with Crippen LogP contribution in [0.15, 0.2) is 51.8 Å². The van der Waals surface area contributed by atoms with E-state index in [1.54, 1.807) is 6.08 Å². The predicted molar refractivity (Wildman–Crippen MR) is 111 cm³/mol. The molecule has 1 aliphatic heterocycles. The summed E-state index contributed by atoms with van der Waals surface area (Å²) < 4.78 is 71.2. The van der Waals surface area contributed by atoms with Crippen molar-refractivity contribution in [2.24, 2.45) is 5.92 Å². The standard InChI is InChI=1S/C22H23F3N2O4S/c1-15-13-19(15)20-7-5-17(31-20)6-8-21(28)26-9-11-27(12-10-26)32(29,30)18-4-2-3-16(14-18)22(23,24)25/h2-8,14-15,19H,9-13H2,1H3/b8-6+/t15-,19+/m0/s1. The van der Waals surface area contributed by atoms with Crippen LogP contribution >= 0.6 is 0 Å². The zero-order valence-corrected chi connectivity index (χ0v) is 18.2. The van der Waals surface area contributed by atoms with Gasteiger partial charge in [-0.25, -0.2) is 8.42 Å². The number of alkyl halides is 3. The van der Waals surface area contributed by atoms with Crippen molar-refractivity contribution in [3.8, 4) is 0 Å². The van der Waals surface area contributed by atoms with Gasteiger partial charge in [-0.2, -0.15) is 17.5 Å². The van der Waals surface area contributed by atoms with Crippen molar-refractivity contribution in [2.45, 2.75) is 30.3 Å². The van der Waals surface area contributed by atoms with Crippen LogP contribution in [-0.4, -0.2) is 49.7 Å². The van der Waals surface area contributed by atoms with Crippen LogP contribution in [0.5, 0.6) is 0 Å². The third-order valence-corrected chi connectivity index (χ3v) is 7.76. The van der Waals surface area contributed by atoms with Gasteiger partial charge in [0.1, 0.15) is 11.5 Å². The largest absolute Gasteiger partial charge is 0.461 e. The number of hydrogen-bond acceptors (Lipinski definition) is 4. The molecule has 0 N–H and O–H groups in total. The van der Waals surface area contributed by atoms with Crippen LogP contribution in [0.25, 0.3) is 6.08 Å². The summed E-state index contributed by atoms with van der Waals surface area (Å²) in [6, 6.07) is 7.40. The summed E-state index contributed by atoms with van der Waals surface area (Å²) in [5, 5.41) is 0. The molecule has 32 heavy (non-hydrogen) atoms. The number of benzene rings is 1. The highest BCUT2D eigenvalue weighted by atomic mass is 32.2. The first-order valence-electron chi connectivity index (χ1n) is 10.3. The number of carbonyl (C=O) groups is 1. The third-order valence-electron chi connectivity index (χ3n) is 5.86. The lowest BCUT2D eigenvalue weighted by atomic mass is 10.2. The minimum atomic E-state index is -4.63. The molecule has 1 aliphatic carbocycles. The van der Waals surface area contributed by atoms with Gasteiger partial charge >= 0.3 is 6.18 Å². The number of piperazine rings is 1. The molecule has 2 fully saturated rings. The fourth-order valence-corrected chi connectivity index (χ4v) is 5.23. The molecule has 0 bridgehead atoms. The molecule has 1 saturated heterocycles. The van der Waals surface area contributed by atoms with E-state index in [4.69, 9.17) is 4.42 Å². The highest BCUT2D eigenvalue weighted by molar-refractivity contribution is 7.89. The quantitative estimate of drug-likeness (QED) is 0.623. The molecule has 2 aliphatic rings. The van der Waals surface area contributed by atoms with Crippen molar-refractivity contribution in [3.05, 3.63) is 59.6 Å². The molecule has 1 amide bonds. The zero-order valence-electron chi connectivity index (χ0n) is 17.4. The van der Waals surface area contributed by atoms with Crippen molar-refractivity contribution in [1.82, 2.24) is 9.21 Å². The molecule has 0 spiro atoms. The van der Waals surface area contributed by atoms with Crippen LogP contribution in [0.1, 0.15) is 36.3 Å². The molecule has 0 unspecified atom stereocenters. The third kappa shape index (κ3) is 4.75. The fourth-order valence-electron chi connectivity index (χ4n) is 3.77. The van der Waals surface area contributed by atoms with Crippen molar-refractivity contribution >= 4 is 22.0 Å². The maximum absolute atomic E-state index is 12.9. The summed E-state index contributed by atoms with van der Waals surface area (Å²) in [6.07, 6.45) is -0.557. The Bertz CT molecular complexity index is 1130. The van der Waals surface area contributed by atoms with Crippen LogP contribution < -0.4 is 0 Å². The molecule has 1 aromatic carbocycles. The van der Waals surface area contributed by atoms with Gasteiger partial charge in [0.2, 0.25) is 15.9 Å². The van der Waals surface area contributed by atoms with Crippen molar-refractivity contribution in [3.63, 3.8) is 0 Å². The zero-order chi connectivity index (χ0) is 23.1. The van der Waals surface area contributed by atoms with Crippen LogP contribution in [-0.2, 0) is 21.0 Å². The Balaban J connectivity index is 1.36. The van der Waals surface area contributed by atoms with Crippen LogP contribution in [0.4, 0.5) is 13.2 Å². The number of amides is 1. The highest BCUT2D eigenvalue weighted by Gasteiger charge is 2.37. The first kappa shape index (κ1) is 22.6. The lowest BCUT2D eigenvalue weighted by Crippen LogP contribution is -2.50. The van der Waals surface area contributed by atoms with Crippen molar-refractivity contribution in [1.29, 1.82) is 0 Å². The number of carbonyl (C=O) groups excluding carboxylic acids is 1. The van der Waals surface area contributed by atoms with E-state index in [-0.39, 0.29) is 32.1 Å². The Morgan fingerprint density at radius 3 is 2.44 bits per heavy atom. The number of sulfonamides is 1. The first-order chi connectivity index (χ1) is 15.1. The summed E-state index contributed by atoms with van der Waals surface area (Å²) >= 11 is 0. The molecule has 10 heteroatoms. The summed E-state index contributed by atoms with van der Waals surface area (Å²) in [7, 11) is -4.09. The van der Waals surface area contributed by atoms with Gasteiger partial charge in [0.05, 0.1) is 10.5 Å². The maximum atomic E-state index is 12.9. The lowest BCUT2D eigenvalue weighted by Gasteiger charge is -2.33. The maximum Gasteiger partial charge on any atom is 0.416 e. The average Bonchev–Trinajstić information content (AvgIpc) is 3.31. The summed E-state index contributed by atoms with van der Waals surface area (Å²) in [6.45, 7) is 2.44. The molecule has 172 valence electrons. The molecule has 6 nitrogen and oxygen atoms in total. The van der Waals surface area contributed by atoms with Crippen molar-refractivity contribution < 1.29 is 30.8 Å². The van der Waals surface area contributed by atoms with Crippen LogP contribution in [0.3, 0.4) is 0 Å². The van der Waals surface area contributed by atoms with E-state index in [0.29, 0.717) is 23.7 Å². The van der Waals surface area contributed by atoms with Gasteiger partial charge in [0, 0.05) is 38.2 Å². The Labute approximate surface area is 184 Å². The van der Waals surface area contributed by atoms with Crippen LogP contribution in [0.2, 0.25) is 0 Å². The Morgan fingerprint density at radius 1 is 1.12 bits per heavy atom. The first-order valence-corrected chi connectivity index (χ1v) is 11.7. The van der Waals surface area contributed by atoms with E-state index in [2.05, 4.69) is 6.92 Å². The normalized spacial score (nSPS) is 22.4. The van der Waals surface area contributed by atoms with E-state index >= 15 is 0 Å². The Kier molecular flexibility index (Phi) is 5.93. The van der Waals surface area contributed by atoms with Gasteiger partial charge in [0.25, 0.3) is 0 Å². The van der Waals surface area contributed by atoms with Gasteiger partial charge in [-0.3, -0.25) is 4.79 Å². The summed E-state index contributed by atoms with van der Waals surface area (Å²) in [5.41, 5.74) is -1.02. The van der Waals surface area contributed by atoms with E-state index in [1.165, 1.54) is 11.0 Å². The second-order valence-electron chi connectivity index (χ2n) is 8.15. The molecule has 2 atom stereocenters. The average molecular weight is 468 g/mol. The Morgan fingerprint density at radius 2 is 1.81 bits per heavy atom. The Hall–Kier alpha value is -2.59. The molecule has 1 saturated carbocycles. The summed E-state index contributed by atoms with van der Waals surface area (Å²) in [5.74, 6) is 2.28. The van der Waals surface area contributed by atoms with Gasteiger partial charge in [-0.15, -0.1) is 0 Å². The molecule has 4 rings (SSSR count). The molecule has 2 heterocycles. The monoisotopic (exact) mass is 468 g/mol. The van der Waals surface area contributed by atoms with Gasteiger partial charge < -0.3 is 9.32 Å². The number of nitrogens with zero attached hydrogens (tertiary/aromatic N) is 2. The summed E-state index contributed by atoms with van der Waals surface area (Å²) in [4.78, 5) is 13.6. The topological polar surface area (TPSA) is 70.8 Å². The number of rotatable bonds is 5. The second-order valence-corrected chi connectivity index (χ2v) is 10.1. The van der Waals surface area contributed by atoms with E-state index in [1.807, 2.05) is 12.1 Å². The van der Waals surface area contributed by atoms with E-state index in [9.17, 15) is 26.4 Å². The van der Waals surface area contributed by atoms with Crippen LogP contribution in [0, 0.1) is 5.92 Å². The predicted octanol–water partition coefficient (Wildman–Crippen LogP) is 3.97. The number of halogens is 3. The minimum absolute atomic E-state index is 0.00261. The molecular formula is C22H23F3N2O4S. The molecule has 0 radical (unpaired) electrons. The van der Waals surface area contributed by atoms with E-state index in [0.717, 1.165) is 34.7 Å². The molecule has 2 aromatic rings. The fraction of sp³-hybridized carbons (Fsp3) is 0.409. The van der Waals surface area contributed by atoms with E-state index < -0.39 is 26.7 Å². The van der Waals surface area contributed by atoms with Gasteiger partial charge in [0.15, 0.2) is 0 Å².